The van der Waals surface area contributed by atoms with Gasteiger partial charge in [0.2, 0.25) is 0 Å². The highest BCUT2D eigenvalue weighted by Crippen LogP contribution is 2.12. The van der Waals surface area contributed by atoms with E-state index < -0.39 is 0 Å². The number of hydrogen-bond acceptors (Lipinski definition) is 3. The van der Waals surface area contributed by atoms with Crippen LogP contribution in [0.4, 0.5) is 0 Å². The maximum Gasteiger partial charge on any atom is 0.190 e. The first-order chi connectivity index (χ1) is 5.34. The molecule has 0 aromatic heterocycles. The van der Waals surface area contributed by atoms with Gasteiger partial charge in [-0.2, -0.15) is 0 Å². The maximum absolute atomic E-state index is 5.41. The smallest absolute Gasteiger partial charge is 0.190 e. The van der Waals surface area contributed by atoms with E-state index >= 15 is 0 Å². The Bertz CT molecular complexity index is 102. The molecule has 1 aliphatic heterocycles. The first-order valence-corrected chi connectivity index (χ1v) is 4.12. The summed E-state index contributed by atoms with van der Waals surface area (Å²) in [5, 5.41) is 0. The number of nitrogens with zero attached hydrogens (tertiary/aromatic N) is 1. The standard InChI is InChI=1S/C8H16NO2/c1-3-4-9(2)8-7-10-5-6-11-8/h3-7H2,1-2H3. The molecule has 0 N–H and O–H groups in total. The van der Waals surface area contributed by atoms with Crippen LogP contribution in [0.1, 0.15) is 13.3 Å². The fourth-order valence-electron chi connectivity index (χ4n) is 1.10. The van der Waals surface area contributed by atoms with E-state index in [-0.39, 0.29) is 0 Å². The molecule has 0 aromatic rings. The molecule has 0 bridgehead atoms. The van der Waals surface area contributed by atoms with E-state index in [1.807, 2.05) is 7.05 Å². The fourth-order valence-corrected chi connectivity index (χ4v) is 1.10. The van der Waals surface area contributed by atoms with Gasteiger partial charge >= 0.3 is 0 Å². The Morgan fingerprint density at radius 1 is 1.45 bits per heavy atom. The molecule has 0 atom stereocenters. The zero-order valence-electron chi connectivity index (χ0n) is 7.30. The second kappa shape index (κ2) is 4.70. The summed E-state index contributed by atoms with van der Waals surface area (Å²) in [6.07, 6.45) is 2.11. The average molecular weight is 158 g/mol. The topological polar surface area (TPSA) is 21.7 Å². The van der Waals surface area contributed by atoms with E-state index in [0.717, 1.165) is 25.8 Å². The van der Waals surface area contributed by atoms with Crippen LogP contribution in [0.3, 0.4) is 0 Å². The number of rotatable bonds is 3. The van der Waals surface area contributed by atoms with E-state index in [1.165, 1.54) is 0 Å². The molecule has 0 spiro atoms. The molecule has 0 unspecified atom stereocenters. The lowest BCUT2D eigenvalue weighted by Gasteiger charge is -2.29. The van der Waals surface area contributed by atoms with E-state index in [1.54, 1.807) is 0 Å². The number of hydrogen-bond donors (Lipinski definition) is 0. The minimum atomic E-state index is 0.635. The zero-order chi connectivity index (χ0) is 8.10. The predicted octanol–water partition coefficient (Wildman–Crippen LogP) is 0.864. The first kappa shape index (κ1) is 8.97. The maximum atomic E-state index is 5.41. The van der Waals surface area contributed by atoms with Crippen LogP contribution in [0, 0.1) is 6.23 Å². The molecular formula is C8H16NO2. The van der Waals surface area contributed by atoms with Crippen molar-refractivity contribution in [2.75, 3.05) is 33.4 Å². The Kier molecular flexibility index (Phi) is 3.83. The Labute approximate surface area is 68.3 Å². The summed E-state index contributed by atoms with van der Waals surface area (Å²) in [5.41, 5.74) is 0. The van der Waals surface area contributed by atoms with Crippen molar-refractivity contribution in [3.05, 3.63) is 6.23 Å². The van der Waals surface area contributed by atoms with E-state index in [2.05, 4.69) is 11.8 Å². The van der Waals surface area contributed by atoms with Crippen LogP contribution in [0.5, 0.6) is 0 Å². The van der Waals surface area contributed by atoms with Crippen LogP contribution in [-0.4, -0.2) is 38.3 Å². The average Bonchev–Trinajstić information content (AvgIpc) is 2.07. The van der Waals surface area contributed by atoms with E-state index in [4.69, 9.17) is 9.47 Å². The lowest BCUT2D eigenvalue weighted by molar-refractivity contribution is -0.0765. The molecule has 1 heterocycles. The Hall–Kier alpha value is -0.120. The van der Waals surface area contributed by atoms with Crippen molar-refractivity contribution in [2.24, 2.45) is 0 Å². The molecule has 11 heavy (non-hydrogen) atoms. The fraction of sp³-hybridized carbons (Fsp3) is 0.875. The molecule has 1 aliphatic rings. The van der Waals surface area contributed by atoms with Gasteiger partial charge in [0.1, 0.15) is 0 Å². The molecule has 3 nitrogen and oxygen atoms in total. The van der Waals surface area contributed by atoms with Crippen LogP contribution < -0.4 is 0 Å². The van der Waals surface area contributed by atoms with Gasteiger partial charge in [0.15, 0.2) is 6.23 Å². The number of likely N-dealkylation sites (N-methyl/N-ethyl adjacent to an activating group) is 1. The molecule has 0 aliphatic carbocycles. The summed E-state index contributed by atoms with van der Waals surface area (Å²) >= 11 is 0. The van der Waals surface area contributed by atoms with Crippen molar-refractivity contribution < 1.29 is 9.47 Å². The molecule has 1 saturated heterocycles. The van der Waals surface area contributed by atoms with Crippen molar-refractivity contribution in [3.63, 3.8) is 0 Å². The summed E-state index contributed by atoms with van der Waals surface area (Å²) in [6, 6.07) is 0. The van der Waals surface area contributed by atoms with Gasteiger partial charge in [0.25, 0.3) is 0 Å². The van der Waals surface area contributed by atoms with Crippen LogP contribution in [-0.2, 0) is 9.47 Å². The van der Waals surface area contributed by atoms with E-state index in [0.29, 0.717) is 13.2 Å². The second-order valence-electron chi connectivity index (χ2n) is 2.72. The van der Waals surface area contributed by atoms with Crippen LogP contribution in [0.15, 0.2) is 0 Å². The van der Waals surface area contributed by atoms with Gasteiger partial charge in [-0.25, -0.2) is 0 Å². The molecule has 0 aromatic carbocycles. The van der Waals surface area contributed by atoms with Gasteiger partial charge in [-0.1, -0.05) is 6.92 Å². The summed E-state index contributed by atoms with van der Waals surface area (Å²) in [4.78, 5) is 2.11. The van der Waals surface area contributed by atoms with Gasteiger partial charge in [0.05, 0.1) is 19.8 Å². The normalized spacial score (nSPS) is 21.0. The Morgan fingerprint density at radius 3 is 2.82 bits per heavy atom. The SMILES string of the molecule is CCCN(C)[C]1COCCO1. The molecule has 1 fully saturated rings. The van der Waals surface area contributed by atoms with Gasteiger partial charge in [-0.3, -0.25) is 4.90 Å². The molecule has 65 valence electrons. The van der Waals surface area contributed by atoms with Gasteiger partial charge in [-0.15, -0.1) is 0 Å². The largest absolute Gasteiger partial charge is 0.374 e. The summed E-state index contributed by atoms with van der Waals surface area (Å²) < 4.78 is 10.7. The first-order valence-electron chi connectivity index (χ1n) is 4.12. The van der Waals surface area contributed by atoms with Crippen molar-refractivity contribution in [1.82, 2.24) is 4.90 Å². The lowest BCUT2D eigenvalue weighted by atomic mass is 10.4. The van der Waals surface area contributed by atoms with Crippen molar-refractivity contribution >= 4 is 0 Å². The van der Waals surface area contributed by atoms with Gasteiger partial charge in [-0.05, 0) is 13.5 Å². The van der Waals surface area contributed by atoms with Gasteiger partial charge < -0.3 is 9.47 Å². The predicted molar refractivity (Wildman–Crippen MR) is 42.9 cm³/mol. The van der Waals surface area contributed by atoms with Crippen LogP contribution in [0.2, 0.25) is 0 Å². The quantitative estimate of drug-likeness (QED) is 0.608. The summed E-state index contributed by atoms with van der Waals surface area (Å²) in [6.45, 7) is 5.25. The molecular weight excluding hydrogens is 142 g/mol. The van der Waals surface area contributed by atoms with Crippen LogP contribution >= 0.6 is 0 Å². The summed E-state index contributed by atoms with van der Waals surface area (Å²) in [5.74, 6) is 0. The molecule has 0 amide bonds. The molecule has 3 heteroatoms. The van der Waals surface area contributed by atoms with Crippen molar-refractivity contribution in [1.29, 1.82) is 0 Å². The number of ether oxygens (including phenoxy) is 2. The minimum absolute atomic E-state index is 0.635. The van der Waals surface area contributed by atoms with Crippen LogP contribution in [0.25, 0.3) is 0 Å². The lowest BCUT2D eigenvalue weighted by Crippen LogP contribution is -2.35. The minimum Gasteiger partial charge on any atom is -0.374 e. The van der Waals surface area contributed by atoms with E-state index in [9.17, 15) is 0 Å². The summed E-state index contributed by atoms with van der Waals surface area (Å²) in [7, 11) is 2.04. The monoisotopic (exact) mass is 158 g/mol. The Balaban J connectivity index is 2.21. The highest BCUT2D eigenvalue weighted by atomic mass is 16.6. The van der Waals surface area contributed by atoms with Crippen molar-refractivity contribution in [3.8, 4) is 0 Å². The third-order valence-corrected chi connectivity index (χ3v) is 1.71. The Morgan fingerprint density at radius 2 is 2.27 bits per heavy atom. The zero-order valence-corrected chi connectivity index (χ0v) is 7.30. The molecule has 1 rings (SSSR count). The molecule has 1 radical (unpaired) electrons. The van der Waals surface area contributed by atoms with Crippen molar-refractivity contribution in [2.45, 2.75) is 13.3 Å². The molecule has 0 saturated carbocycles. The highest BCUT2D eigenvalue weighted by molar-refractivity contribution is 4.78. The highest BCUT2D eigenvalue weighted by Gasteiger charge is 2.19. The third-order valence-electron chi connectivity index (χ3n) is 1.71. The van der Waals surface area contributed by atoms with Gasteiger partial charge in [0, 0.05) is 6.54 Å². The third kappa shape index (κ3) is 2.77. The second-order valence-corrected chi connectivity index (χ2v) is 2.72.